The van der Waals surface area contributed by atoms with Crippen molar-refractivity contribution >= 4 is 11.7 Å². The van der Waals surface area contributed by atoms with Crippen LogP contribution in [0.5, 0.6) is 5.75 Å². The van der Waals surface area contributed by atoms with E-state index in [-0.39, 0.29) is 5.92 Å². The minimum Gasteiger partial charge on any atom is -0.495 e. The highest BCUT2D eigenvalue weighted by Crippen LogP contribution is 2.26. The minimum atomic E-state index is -0.768. The van der Waals surface area contributed by atoms with E-state index in [1.165, 1.54) is 5.56 Å². The zero-order valence-corrected chi connectivity index (χ0v) is 11.2. The van der Waals surface area contributed by atoms with Gasteiger partial charge in [-0.1, -0.05) is 19.9 Å². The van der Waals surface area contributed by atoms with Crippen molar-refractivity contribution in [3.63, 3.8) is 0 Å². The lowest BCUT2D eigenvalue weighted by atomic mass is 10.1. The Balaban J connectivity index is 2.78. The van der Waals surface area contributed by atoms with Crippen molar-refractivity contribution in [2.45, 2.75) is 26.7 Å². The molecule has 0 bridgehead atoms. The number of anilines is 1. The molecule has 100 valence electrons. The first kappa shape index (κ1) is 14.4. The molecule has 0 spiro atoms. The van der Waals surface area contributed by atoms with E-state index < -0.39 is 5.97 Å². The molecule has 4 nitrogen and oxygen atoms in total. The fourth-order valence-electron chi connectivity index (χ4n) is 1.75. The molecule has 0 aliphatic heterocycles. The Morgan fingerprint density at radius 3 is 2.67 bits per heavy atom. The third kappa shape index (κ3) is 3.65. The molecule has 0 amide bonds. The van der Waals surface area contributed by atoms with Gasteiger partial charge in [0.2, 0.25) is 0 Å². The largest absolute Gasteiger partial charge is 0.495 e. The second kappa shape index (κ2) is 6.89. The van der Waals surface area contributed by atoms with E-state index in [1.807, 2.05) is 25.1 Å². The number of carbonyl (C=O) groups is 1. The minimum absolute atomic E-state index is 0.375. The summed E-state index contributed by atoms with van der Waals surface area (Å²) in [6.45, 7) is 4.37. The van der Waals surface area contributed by atoms with Gasteiger partial charge in [-0.05, 0) is 30.5 Å². The summed E-state index contributed by atoms with van der Waals surface area (Å²) in [7, 11) is 1.61. The van der Waals surface area contributed by atoms with Gasteiger partial charge < -0.3 is 15.2 Å². The first-order chi connectivity index (χ1) is 8.62. The van der Waals surface area contributed by atoms with Gasteiger partial charge in [0.25, 0.3) is 0 Å². The van der Waals surface area contributed by atoms with Crippen LogP contribution in [0.15, 0.2) is 18.2 Å². The number of nitrogens with one attached hydrogen (secondary N) is 1. The quantitative estimate of drug-likeness (QED) is 0.782. The Morgan fingerprint density at radius 1 is 1.44 bits per heavy atom. The summed E-state index contributed by atoms with van der Waals surface area (Å²) in [5.41, 5.74) is 2.05. The highest BCUT2D eigenvalue weighted by atomic mass is 16.5. The Morgan fingerprint density at radius 2 is 2.17 bits per heavy atom. The number of aryl methyl sites for hydroxylation is 1. The van der Waals surface area contributed by atoms with Crippen LogP contribution in [0.25, 0.3) is 0 Å². The number of rotatable bonds is 7. The molecule has 0 aliphatic rings. The van der Waals surface area contributed by atoms with Crippen molar-refractivity contribution in [3.8, 4) is 5.75 Å². The molecule has 0 aliphatic carbocycles. The molecule has 0 saturated heterocycles. The molecule has 1 atom stereocenters. The molecule has 0 aromatic heterocycles. The second-order valence-electron chi connectivity index (χ2n) is 4.21. The van der Waals surface area contributed by atoms with Gasteiger partial charge in [0.05, 0.1) is 18.7 Å². The van der Waals surface area contributed by atoms with Gasteiger partial charge in [-0.3, -0.25) is 4.79 Å². The zero-order valence-electron chi connectivity index (χ0n) is 11.2. The highest BCUT2D eigenvalue weighted by Gasteiger charge is 2.15. The number of carboxylic acids is 1. The summed E-state index contributed by atoms with van der Waals surface area (Å²) in [5, 5.41) is 12.2. The van der Waals surface area contributed by atoms with Gasteiger partial charge in [0.1, 0.15) is 5.75 Å². The standard InChI is InChI=1S/C14H21NO3/c1-4-10-6-7-13(18-3)12(8-10)15-9-11(5-2)14(16)17/h6-8,11,15H,4-5,9H2,1-3H3,(H,16,17). The fraction of sp³-hybridized carbons (Fsp3) is 0.500. The zero-order chi connectivity index (χ0) is 13.5. The average Bonchev–Trinajstić information content (AvgIpc) is 2.38. The summed E-state index contributed by atoms with van der Waals surface area (Å²) in [6, 6.07) is 5.93. The number of benzene rings is 1. The molecule has 0 radical (unpaired) electrons. The molecular formula is C14H21NO3. The topological polar surface area (TPSA) is 58.6 Å². The van der Waals surface area contributed by atoms with Gasteiger partial charge in [0.15, 0.2) is 0 Å². The number of carboxylic acid groups (broad SMARTS) is 1. The van der Waals surface area contributed by atoms with E-state index in [0.29, 0.717) is 13.0 Å². The van der Waals surface area contributed by atoms with Crippen molar-refractivity contribution in [2.24, 2.45) is 5.92 Å². The molecule has 1 aromatic rings. The van der Waals surface area contributed by atoms with E-state index in [9.17, 15) is 4.79 Å². The summed E-state index contributed by atoms with van der Waals surface area (Å²) in [5.74, 6) is -0.400. The summed E-state index contributed by atoms with van der Waals surface area (Å²) in [4.78, 5) is 11.0. The average molecular weight is 251 g/mol. The van der Waals surface area contributed by atoms with Crippen LogP contribution in [0.4, 0.5) is 5.69 Å². The Hall–Kier alpha value is -1.71. The van der Waals surface area contributed by atoms with Crippen molar-refractivity contribution in [1.82, 2.24) is 0 Å². The van der Waals surface area contributed by atoms with E-state index in [4.69, 9.17) is 9.84 Å². The van der Waals surface area contributed by atoms with Crippen molar-refractivity contribution in [3.05, 3.63) is 23.8 Å². The molecular weight excluding hydrogens is 230 g/mol. The smallest absolute Gasteiger partial charge is 0.308 e. The maximum atomic E-state index is 11.0. The van der Waals surface area contributed by atoms with Crippen LogP contribution < -0.4 is 10.1 Å². The Bertz CT molecular complexity index is 404. The molecule has 1 unspecified atom stereocenters. The van der Waals surface area contributed by atoms with Gasteiger partial charge >= 0.3 is 5.97 Å². The number of hydrogen-bond acceptors (Lipinski definition) is 3. The lowest BCUT2D eigenvalue weighted by Crippen LogP contribution is -2.22. The van der Waals surface area contributed by atoms with Crippen LogP contribution in [-0.2, 0) is 11.2 Å². The number of hydrogen-bond donors (Lipinski definition) is 2. The van der Waals surface area contributed by atoms with E-state index >= 15 is 0 Å². The monoisotopic (exact) mass is 251 g/mol. The van der Waals surface area contributed by atoms with Crippen molar-refractivity contribution in [2.75, 3.05) is 19.0 Å². The first-order valence-corrected chi connectivity index (χ1v) is 6.25. The number of methoxy groups -OCH3 is 1. The summed E-state index contributed by atoms with van der Waals surface area (Å²) < 4.78 is 5.26. The molecule has 4 heteroatoms. The molecule has 1 rings (SSSR count). The Labute approximate surface area is 108 Å². The molecule has 0 saturated carbocycles. The highest BCUT2D eigenvalue weighted by molar-refractivity contribution is 5.71. The van der Waals surface area contributed by atoms with Crippen LogP contribution in [0.1, 0.15) is 25.8 Å². The summed E-state index contributed by atoms with van der Waals surface area (Å²) >= 11 is 0. The van der Waals surface area contributed by atoms with Crippen LogP contribution >= 0.6 is 0 Å². The fourth-order valence-corrected chi connectivity index (χ4v) is 1.75. The Kier molecular flexibility index (Phi) is 5.49. The second-order valence-corrected chi connectivity index (χ2v) is 4.21. The predicted molar refractivity (Wildman–Crippen MR) is 72.3 cm³/mol. The van der Waals surface area contributed by atoms with E-state index in [2.05, 4.69) is 12.2 Å². The van der Waals surface area contributed by atoms with Crippen LogP contribution in [0.3, 0.4) is 0 Å². The van der Waals surface area contributed by atoms with E-state index in [1.54, 1.807) is 7.11 Å². The van der Waals surface area contributed by atoms with Gasteiger partial charge in [-0.25, -0.2) is 0 Å². The molecule has 2 N–H and O–H groups in total. The molecule has 0 heterocycles. The number of aliphatic carboxylic acids is 1. The van der Waals surface area contributed by atoms with Crippen molar-refractivity contribution < 1.29 is 14.6 Å². The van der Waals surface area contributed by atoms with Crippen LogP contribution in [0, 0.1) is 5.92 Å². The maximum absolute atomic E-state index is 11.0. The third-order valence-electron chi connectivity index (χ3n) is 3.05. The predicted octanol–water partition coefficient (Wildman–Crippen LogP) is 2.78. The van der Waals surface area contributed by atoms with Gasteiger partial charge in [0, 0.05) is 6.54 Å². The van der Waals surface area contributed by atoms with Gasteiger partial charge in [-0.2, -0.15) is 0 Å². The lowest BCUT2D eigenvalue weighted by molar-refractivity contribution is -0.141. The normalized spacial score (nSPS) is 11.9. The first-order valence-electron chi connectivity index (χ1n) is 6.25. The SMILES string of the molecule is CCc1ccc(OC)c(NCC(CC)C(=O)O)c1. The van der Waals surface area contributed by atoms with Crippen LogP contribution in [0.2, 0.25) is 0 Å². The molecule has 18 heavy (non-hydrogen) atoms. The molecule has 0 fully saturated rings. The van der Waals surface area contributed by atoms with Crippen molar-refractivity contribution in [1.29, 1.82) is 0 Å². The van der Waals surface area contributed by atoms with Crippen LogP contribution in [-0.4, -0.2) is 24.7 Å². The third-order valence-corrected chi connectivity index (χ3v) is 3.05. The maximum Gasteiger partial charge on any atom is 0.308 e. The van der Waals surface area contributed by atoms with E-state index in [0.717, 1.165) is 17.9 Å². The lowest BCUT2D eigenvalue weighted by Gasteiger charge is -2.15. The van der Waals surface area contributed by atoms with Gasteiger partial charge in [-0.15, -0.1) is 0 Å². The number of ether oxygens (including phenoxy) is 1. The summed E-state index contributed by atoms with van der Waals surface area (Å²) in [6.07, 6.45) is 1.55. The molecule has 1 aromatic carbocycles.